The fourth-order valence-corrected chi connectivity index (χ4v) is 3.31. The van der Waals surface area contributed by atoms with E-state index in [1.54, 1.807) is 11.0 Å². The lowest BCUT2D eigenvalue weighted by atomic mass is 9.89. The average molecular weight is 355 g/mol. The molecule has 1 unspecified atom stereocenters. The van der Waals surface area contributed by atoms with Crippen LogP contribution in [-0.2, 0) is 9.59 Å². The first-order valence-electron chi connectivity index (χ1n) is 9.15. The Kier molecular flexibility index (Phi) is 5.99. The van der Waals surface area contributed by atoms with Crippen molar-refractivity contribution in [3.05, 3.63) is 42.5 Å². The maximum absolute atomic E-state index is 12.1. The van der Waals surface area contributed by atoms with Crippen molar-refractivity contribution in [1.82, 2.24) is 25.4 Å². The number of hydrogen-bond donors (Lipinski definition) is 2. The van der Waals surface area contributed by atoms with Gasteiger partial charge in [0.15, 0.2) is 0 Å². The van der Waals surface area contributed by atoms with Crippen molar-refractivity contribution >= 4 is 11.8 Å². The van der Waals surface area contributed by atoms with E-state index >= 15 is 0 Å². The molecule has 7 nitrogen and oxygen atoms in total. The Labute approximate surface area is 153 Å². The minimum atomic E-state index is -0.179. The summed E-state index contributed by atoms with van der Waals surface area (Å²) in [6, 6.07) is 7.61. The third-order valence-electron chi connectivity index (χ3n) is 4.85. The van der Waals surface area contributed by atoms with Crippen LogP contribution in [0.2, 0.25) is 0 Å². The molecule has 0 radical (unpaired) electrons. The molecule has 7 heteroatoms. The monoisotopic (exact) mass is 355 g/mol. The van der Waals surface area contributed by atoms with Gasteiger partial charge in [0.2, 0.25) is 11.8 Å². The summed E-state index contributed by atoms with van der Waals surface area (Å²) in [5.41, 5.74) is 1.89. The summed E-state index contributed by atoms with van der Waals surface area (Å²) in [4.78, 5) is 28.1. The lowest BCUT2D eigenvalue weighted by molar-refractivity contribution is -0.129. The van der Waals surface area contributed by atoms with Crippen molar-refractivity contribution < 1.29 is 9.59 Å². The van der Waals surface area contributed by atoms with Crippen LogP contribution in [0.5, 0.6) is 0 Å². The third kappa shape index (κ3) is 4.68. The number of aromatic nitrogens is 3. The average Bonchev–Trinajstić information content (AvgIpc) is 3.21. The van der Waals surface area contributed by atoms with Gasteiger partial charge in [-0.3, -0.25) is 9.59 Å². The number of benzene rings is 1. The molecule has 2 amide bonds. The number of nitrogens with zero attached hydrogens (tertiary/aromatic N) is 3. The van der Waals surface area contributed by atoms with Crippen LogP contribution in [0.15, 0.2) is 36.9 Å². The maximum atomic E-state index is 12.1. The molecular formula is C19H25N5O2. The SMILES string of the molecule is CC(NC(=O)CNC(=O)C1CCCCC1)c1ccc(-n2cncn2)cc1. The van der Waals surface area contributed by atoms with Crippen molar-refractivity contribution in [1.29, 1.82) is 0 Å². The van der Waals surface area contributed by atoms with E-state index in [1.807, 2.05) is 31.2 Å². The minimum Gasteiger partial charge on any atom is -0.348 e. The predicted octanol–water partition coefficient (Wildman–Crippen LogP) is 2.14. The highest BCUT2D eigenvalue weighted by Crippen LogP contribution is 2.23. The molecule has 1 heterocycles. The molecule has 1 aliphatic carbocycles. The van der Waals surface area contributed by atoms with E-state index < -0.39 is 0 Å². The van der Waals surface area contributed by atoms with Crippen LogP contribution >= 0.6 is 0 Å². The van der Waals surface area contributed by atoms with E-state index in [4.69, 9.17) is 0 Å². The van der Waals surface area contributed by atoms with E-state index in [0.717, 1.165) is 36.9 Å². The van der Waals surface area contributed by atoms with Crippen LogP contribution in [-0.4, -0.2) is 33.1 Å². The molecule has 2 N–H and O–H groups in total. The molecule has 0 saturated heterocycles. The number of rotatable bonds is 6. The normalized spacial score (nSPS) is 16.0. The summed E-state index contributed by atoms with van der Waals surface area (Å²) in [6.45, 7) is 1.95. The van der Waals surface area contributed by atoms with E-state index in [2.05, 4.69) is 20.7 Å². The Hall–Kier alpha value is -2.70. The molecule has 1 aliphatic rings. The van der Waals surface area contributed by atoms with Gasteiger partial charge in [0.1, 0.15) is 12.7 Å². The van der Waals surface area contributed by atoms with Crippen LogP contribution in [0.25, 0.3) is 5.69 Å². The Bertz CT molecular complexity index is 721. The van der Waals surface area contributed by atoms with Gasteiger partial charge in [-0.05, 0) is 37.5 Å². The van der Waals surface area contributed by atoms with Gasteiger partial charge in [0.05, 0.1) is 18.3 Å². The van der Waals surface area contributed by atoms with Gasteiger partial charge < -0.3 is 10.6 Å². The van der Waals surface area contributed by atoms with Crippen molar-refractivity contribution in [3.8, 4) is 5.69 Å². The Morgan fingerprint density at radius 1 is 1.19 bits per heavy atom. The zero-order valence-corrected chi connectivity index (χ0v) is 15.0. The van der Waals surface area contributed by atoms with Gasteiger partial charge in [-0.1, -0.05) is 31.4 Å². The van der Waals surface area contributed by atoms with Crippen molar-refractivity contribution in [2.24, 2.45) is 5.92 Å². The maximum Gasteiger partial charge on any atom is 0.239 e. The Morgan fingerprint density at radius 3 is 2.58 bits per heavy atom. The van der Waals surface area contributed by atoms with Crippen molar-refractivity contribution in [2.45, 2.75) is 45.1 Å². The van der Waals surface area contributed by atoms with Crippen molar-refractivity contribution in [3.63, 3.8) is 0 Å². The molecule has 1 saturated carbocycles. The molecule has 0 aliphatic heterocycles. The zero-order valence-electron chi connectivity index (χ0n) is 15.0. The standard InChI is InChI=1S/C19H25N5O2/c1-14(15-7-9-17(10-8-15)24-13-20-12-22-24)23-18(25)11-21-19(26)16-5-3-2-4-6-16/h7-10,12-14,16H,2-6,11H2,1H3,(H,21,26)(H,23,25). The number of nitrogens with one attached hydrogen (secondary N) is 2. The van der Waals surface area contributed by atoms with Gasteiger partial charge in [0, 0.05) is 5.92 Å². The fraction of sp³-hybridized carbons (Fsp3) is 0.474. The smallest absolute Gasteiger partial charge is 0.239 e. The first-order chi connectivity index (χ1) is 12.6. The Morgan fingerprint density at radius 2 is 1.92 bits per heavy atom. The molecule has 0 spiro atoms. The molecule has 0 bridgehead atoms. The van der Waals surface area contributed by atoms with Crippen LogP contribution in [0.4, 0.5) is 0 Å². The molecule has 1 atom stereocenters. The van der Waals surface area contributed by atoms with Crippen LogP contribution in [0.1, 0.15) is 50.6 Å². The predicted molar refractivity (Wildman–Crippen MR) is 97.5 cm³/mol. The number of hydrogen-bond acceptors (Lipinski definition) is 4. The second-order valence-electron chi connectivity index (χ2n) is 6.77. The summed E-state index contributed by atoms with van der Waals surface area (Å²) in [5.74, 6) is -0.106. The highest BCUT2D eigenvalue weighted by molar-refractivity contribution is 5.86. The van der Waals surface area contributed by atoms with E-state index in [9.17, 15) is 9.59 Å². The molecule has 1 aromatic carbocycles. The highest BCUT2D eigenvalue weighted by atomic mass is 16.2. The second-order valence-corrected chi connectivity index (χ2v) is 6.77. The van der Waals surface area contributed by atoms with E-state index in [1.165, 1.54) is 12.7 Å². The molecule has 3 rings (SSSR count). The van der Waals surface area contributed by atoms with Crippen LogP contribution in [0, 0.1) is 5.92 Å². The first kappa shape index (κ1) is 18.1. The minimum absolute atomic E-state index is 0.00434. The van der Waals surface area contributed by atoms with Gasteiger partial charge in [-0.15, -0.1) is 0 Å². The van der Waals surface area contributed by atoms with Gasteiger partial charge >= 0.3 is 0 Å². The fourth-order valence-electron chi connectivity index (χ4n) is 3.31. The first-order valence-corrected chi connectivity index (χ1v) is 9.15. The zero-order chi connectivity index (χ0) is 18.4. The van der Waals surface area contributed by atoms with Crippen LogP contribution < -0.4 is 10.6 Å². The molecule has 1 fully saturated rings. The molecular weight excluding hydrogens is 330 g/mol. The summed E-state index contributed by atoms with van der Waals surface area (Å²) >= 11 is 0. The summed E-state index contributed by atoms with van der Waals surface area (Å²) in [5, 5.41) is 9.77. The summed E-state index contributed by atoms with van der Waals surface area (Å²) < 4.78 is 1.67. The van der Waals surface area contributed by atoms with E-state index in [0.29, 0.717) is 0 Å². The summed E-state index contributed by atoms with van der Waals surface area (Å²) in [6.07, 6.45) is 8.40. The number of carbonyl (C=O) groups excluding carboxylic acids is 2. The lowest BCUT2D eigenvalue weighted by Gasteiger charge is -2.21. The van der Waals surface area contributed by atoms with Crippen molar-refractivity contribution in [2.75, 3.05) is 6.54 Å². The van der Waals surface area contributed by atoms with Gasteiger partial charge in [0.25, 0.3) is 0 Å². The Balaban J connectivity index is 1.47. The van der Waals surface area contributed by atoms with E-state index in [-0.39, 0.29) is 30.3 Å². The molecule has 138 valence electrons. The number of carbonyl (C=O) groups is 2. The second kappa shape index (κ2) is 8.60. The van der Waals surface area contributed by atoms with Gasteiger partial charge in [-0.2, -0.15) is 5.10 Å². The topological polar surface area (TPSA) is 88.9 Å². The molecule has 1 aromatic heterocycles. The third-order valence-corrected chi connectivity index (χ3v) is 4.85. The van der Waals surface area contributed by atoms with Gasteiger partial charge in [-0.25, -0.2) is 9.67 Å². The largest absolute Gasteiger partial charge is 0.348 e. The highest BCUT2D eigenvalue weighted by Gasteiger charge is 2.21. The molecule has 26 heavy (non-hydrogen) atoms. The quantitative estimate of drug-likeness (QED) is 0.831. The lowest BCUT2D eigenvalue weighted by Crippen LogP contribution is -2.40. The van der Waals surface area contributed by atoms with Crippen LogP contribution in [0.3, 0.4) is 0 Å². The summed E-state index contributed by atoms with van der Waals surface area (Å²) in [7, 11) is 0. The molecule has 2 aromatic rings. The number of amides is 2.